The number of nitrogen functional groups attached to an aromatic ring is 1. The minimum Gasteiger partial charge on any atom is -0.477 e. The lowest BCUT2D eigenvalue weighted by molar-refractivity contribution is 0.0686. The zero-order chi connectivity index (χ0) is 17.1. The smallest absolute Gasteiger partial charge is 0.345 e. The van der Waals surface area contributed by atoms with Crippen LogP contribution in [0.4, 0.5) is 5.82 Å². The van der Waals surface area contributed by atoms with Gasteiger partial charge in [0.15, 0.2) is 11.4 Å². The van der Waals surface area contributed by atoms with Crippen LogP contribution in [-0.2, 0) is 4.74 Å². The molecule has 0 spiro atoms. The van der Waals surface area contributed by atoms with Gasteiger partial charge < -0.3 is 20.3 Å². The average Bonchev–Trinajstić information content (AvgIpc) is 3.07. The molecule has 24 heavy (non-hydrogen) atoms. The normalized spacial score (nSPS) is 16.5. The van der Waals surface area contributed by atoms with E-state index in [2.05, 4.69) is 9.97 Å². The van der Waals surface area contributed by atoms with Gasteiger partial charge in [-0.1, -0.05) is 12.1 Å². The molecule has 1 atom stereocenters. The molecule has 1 aromatic heterocycles. The molecule has 0 bridgehead atoms. The second kappa shape index (κ2) is 6.52. The Balaban J connectivity index is 2.06. The van der Waals surface area contributed by atoms with Crippen LogP contribution in [0.2, 0.25) is 0 Å². The Morgan fingerprint density at radius 1 is 1.46 bits per heavy atom. The minimum absolute atomic E-state index is 0.0946. The van der Waals surface area contributed by atoms with Gasteiger partial charge >= 0.3 is 5.97 Å². The number of hydrogen-bond donors (Lipinski definition) is 2. The summed E-state index contributed by atoms with van der Waals surface area (Å²) < 4.78 is 10.9. The number of nitrogens with two attached hydrogens (primary N) is 1. The molecule has 0 aliphatic carbocycles. The van der Waals surface area contributed by atoms with E-state index in [1.54, 1.807) is 24.3 Å². The quantitative estimate of drug-likeness (QED) is 0.863. The standard InChI is InChI=1S/C16H14N4O4/c17-7-9-2-1-3-10(6-9)14-19-13(18)12(16(21)22)15(20-14)24-11-4-5-23-8-11/h1-3,6,11H,4-5,8H2,(H,21,22)(H2,18,19,20). The highest BCUT2D eigenvalue weighted by Gasteiger charge is 2.25. The van der Waals surface area contributed by atoms with E-state index in [4.69, 9.17) is 20.5 Å². The first-order valence-corrected chi connectivity index (χ1v) is 7.24. The largest absolute Gasteiger partial charge is 0.477 e. The van der Waals surface area contributed by atoms with Gasteiger partial charge in [-0.15, -0.1) is 0 Å². The summed E-state index contributed by atoms with van der Waals surface area (Å²) in [5.74, 6) is -1.35. The number of ether oxygens (including phenoxy) is 2. The van der Waals surface area contributed by atoms with Gasteiger partial charge in [-0.25, -0.2) is 9.78 Å². The predicted octanol–water partition coefficient (Wildman–Crippen LogP) is 1.46. The van der Waals surface area contributed by atoms with Crippen molar-refractivity contribution < 1.29 is 19.4 Å². The molecule has 1 aromatic carbocycles. The topological polar surface area (TPSA) is 131 Å². The SMILES string of the molecule is N#Cc1cccc(-c2nc(N)c(C(=O)O)c(OC3CCOC3)n2)c1. The number of anilines is 1. The number of benzene rings is 1. The van der Waals surface area contributed by atoms with Crippen LogP contribution in [-0.4, -0.2) is 40.4 Å². The average molecular weight is 326 g/mol. The van der Waals surface area contributed by atoms with Crippen LogP contribution in [0, 0.1) is 11.3 Å². The fourth-order valence-corrected chi connectivity index (χ4v) is 2.36. The van der Waals surface area contributed by atoms with Crippen molar-refractivity contribution >= 4 is 11.8 Å². The lowest BCUT2D eigenvalue weighted by Gasteiger charge is -2.15. The van der Waals surface area contributed by atoms with Crippen LogP contribution in [0.3, 0.4) is 0 Å². The Morgan fingerprint density at radius 3 is 2.96 bits per heavy atom. The van der Waals surface area contributed by atoms with Crippen molar-refractivity contribution in [3.8, 4) is 23.3 Å². The number of nitriles is 1. The summed E-state index contributed by atoms with van der Waals surface area (Å²) in [5.41, 5.74) is 6.50. The summed E-state index contributed by atoms with van der Waals surface area (Å²) >= 11 is 0. The Bertz CT molecular complexity index is 825. The third kappa shape index (κ3) is 3.11. The second-order valence-electron chi connectivity index (χ2n) is 5.21. The van der Waals surface area contributed by atoms with E-state index in [1.165, 1.54) is 0 Å². The second-order valence-corrected chi connectivity index (χ2v) is 5.21. The van der Waals surface area contributed by atoms with E-state index in [9.17, 15) is 9.90 Å². The molecule has 1 aliphatic heterocycles. The van der Waals surface area contributed by atoms with E-state index in [0.717, 1.165) is 0 Å². The van der Waals surface area contributed by atoms with Crippen LogP contribution >= 0.6 is 0 Å². The number of carboxylic acid groups (broad SMARTS) is 1. The summed E-state index contributed by atoms with van der Waals surface area (Å²) in [5, 5.41) is 18.3. The lowest BCUT2D eigenvalue weighted by atomic mass is 10.1. The molecule has 8 nitrogen and oxygen atoms in total. The maximum absolute atomic E-state index is 11.5. The highest BCUT2D eigenvalue weighted by molar-refractivity contribution is 5.95. The van der Waals surface area contributed by atoms with E-state index in [-0.39, 0.29) is 29.2 Å². The molecule has 0 radical (unpaired) electrons. The van der Waals surface area contributed by atoms with Gasteiger partial charge in [0.1, 0.15) is 11.9 Å². The molecule has 0 saturated carbocycles. The van der Waals surface area contributed by atoms with E-state index < -0.39 is 5.97 Å². The van der Waals surface area contributed by atoms with Gasteiger partial charge in [0.2, 0.25) is 5.88 Å². The molecule has 0 amide bonds. The zero-order valence-corrected chi connectivity index (χ0v) is 12.6. The number of nitrogens with zero attached hydrogens (tertiary/aromatic N) is 3. The fourth-order valence-electron chi connectivity index (χ4n) is 2.36. The van der Waals surface area contributed by atoms with Crippen molar-refractivity contribution in [2.24, 2.45) is 0 Å². The summed E-state index contributed by atoms with van der Waals surface area (Å²) in [4.78, 5) is 19.7. The molecule has 1 unspecified atom stereocenters. The predicted molar refractivity (Wildman–Crippen MR) is 83.4 cm³/mol. The summed E-state index contributed by atoms with van der Waals surface area (Å²) in [7, 11) is 0. The van der Waals surface area contributed by atoms with Gasteiger partial charge in [-0.05, 0) is 12.1 Å². The number of hydrogen-bond acceptors (Lipinski definition) is 7. The van der Waals surface area contributed by atoms with E-state index in [0.29, 0.717) is 30.8 Å². The van der Waals surface area contributed by atoms with Crippen LogP contribution in [0.25, 0.3) is 11.4 Å². The number of aromatic carboxylic acids is 1. The number of carbonyl (C=O) groups is 1. The highest BCUT2D eigenvalue weighted by atomic mass is 16.5. The lowest BCUT2D eigenvalue weighted by Crippen LogP contribution is -2.20. The third-order valence-corrected chi connectivity index (χ3v) is 3.53. The van der Waals surface area contributed by atoms with Crippen molar-refractivity contribution in [1.82, 2.24) is 9.97 Å². The molecule has 8 heteroatoms. The van der Waals surface area contributed by atoms with Crippen molar-refractivity contribution in [2.45, 2.75) is 12.5 Å². The molecule has 2 heterocycles. The molecule has 1 aliphatic rings. The molecule has 1 saturated heterocycles. The fraction of sp³-hybridized carbons (Fsp3) is 0.250. The minimum atomic E-state index is -1.27. The summed E-state index contributed by atoms with van der Waals surface area (Å²) in [6.45, 7) is 0.910. The van der Waals surface area contributed by atoms with Gasteiger partial charge in [-0.3, -0.25) is 0 Å². The molecule has 3 rings (SSSR count). The first kappa shape index (κ1) is 15.7. The molecule has 3 N–H and O–H groups in total. The van der Waals surface area contributed by atoms with Crippen LogP contribution in [0.15, 0.2) is 24.3 Å². The molecule has 122 valence electrons. The van der Waals surface area contributed by atoms with Gasteiger partial charge in [0.25, 0.3) is 0 Å². The van der Waals surface area contributed by atoms with Crippen molar-refractivity contribution in [2.75, 3.05) is 18.9 Å². The van der Waals surface area contributed by atoms with E-state index in [1.807, 2.05) is 6.07 Å². The highest BCUT2D eigenvalue weighted by Crippen LogP contribution is 2.28. The van der Waals surface area contributed by atoms with Crippen molar-refractivity contribution in [3.63, 3.8) is 0 Å². The van der Waals surface area contributed by atoms with Crippen LogP contribution in [0.5, 0.6) is 5.88 Å². The molecule has 2 aromatic rings. The zero-order valence-electron chi connectivity index (χ0n) is 12.6. The summed E-state index contributed by atoms with van der Waals surface area (Å²) in [6.07, 6.45) is 0.359. The van der Waals surface area contributed by atoms with Gasteiger partial charge in [-0.2, -0.15) is 10.2 Å². The monoisotopic (exact) mass is 326 g/mol. The third-order valence-electron chi connectivity index (χ3n) is 3.53. The Morgan fingerprint density at radius 2 is 2.29 bits per heavy atom. The van der Waals surface area contributed by atoms with Crippen molar-refractivity contribution in [3.05, 3.63) is 35.4 Å². The number of rotatable bonds is 4. The first-order chi connectivity index (χ1) is 11.6. The molecular formula is C16H14N4O4. The number of carboxylic acids is 1. The Hall–Kier alpha value is -3.18. The number of aromatic nitrogens is 2. The van der Waals surface area contributed by atoms with Crippen LogP contribution < -0.4 is 10.5 Å². The van der Waals surface area contributed by atoms with E-state index >= 15 is 0 Å². The Kier molecular flexibility index (Phi) is 4.26. The van der Waals surface area contributed by atoms with Crippen LogP contribution in [0.1, 0.15) is 22.3 Å². The first-order valence-electron chi connectivity index (χ1n) is 7.24. The van der Waals surface area contributed by atoms with Crippen molar-refractivity contribution in [1.29, 1.82) is 5.26 Å². The maximum Gasteiger partial charge on any atom is 0.345 e. The molecular weight excluding hydrogens is 312 g/mol. The van der Waals surface area contributed by atoms with Gasteiger partial charge in [0, 0.05) is 12.0 Å². The Labute approximate surface area is 137 Å². The van der Waals surface area contributed by atoms with Gasteiger partial charge in [0.05, 0.1) is 24.8 Å². The summed E-state index contributed by atoms with van der Waals surface area (Å²) in [6, 6.07) is 8.66. The maximum atomic E-state index is 11.5. The molecule has 1 fully saturated rings.